The van der Waals surface area contributed by atoms with E-state index < -0.39 is 11.7 Å². The van der Waals surface area contributed by atoms with E-state index in [1.807, 2.05) is 20.8 Å². The number of hydrogen-bond acceptors (Lipinski definition) is 5. The Balaban J connectivity index is 1.70. The van der Waals surface area contributed by atoms with Gasteiger partial charge in [0.25, 0.3) is 0 Å². The number of hydrogen-bond donors (Lipinski definition) is 3. The molecule has 32 heavy (non-hydrogen) atoms. The van der Waals surface area contributed by atoms with Crippen molar-refractivity contribution in [1.29, 1.82) is 0 Å². The second-order valence-electron chi connectivity index (χ2n) is 8.46. The van der Waals surface area contributed by atoms with Crippen LogP contribution in [0.1, 0.15) is 32.8 Å². The monoisotopic (exact) mass is 443 g/mol. The van der Waals surface area contributed by atoms with Crippen LogP contribution in [0.15, 0.2) is 60.8 Å². The maximum atomic E-state index is 12.9. The molecule has 0 fully saturated rings. The van der Waals surface area contributed by atoms with E-state index in [0.29, 0.717) is 23.6 Å². The molecule has 0 bridgehead atoms. The molecule has 3 N–H and O–H groups in total. The Kier molecular flexibility index (Phi) is 6.67. The summed E-state index contributed by atoms with van der Waals surface area (Å²) in [6.07, 6.45) is -2.55. The number of anilines is 5. The molecular formula is C23H24F3N5O. The van der Waals surface area contributed by atoms with Gasteiger partial charge in [-0.2, -0.15) is 18.2 Å². The van der Waals surface area contributed by atoms with Crippen LogP contribution >= 0.6 is 0 Å². The minimum atomic E-state index is -4.43. The zero-order valence-corrected chi connectivity index (χ0v) is 17.9. The summed E-state index contributed by atoms with van der Waals surface area (Å²) < 4.78 is 38.7. The van der Waals surface area contributed by atoms with Crippen molar-refractivity contribution >= 4 is 34.7 Å². The number of rotatable bonds is 6. The van der Waals surface area contributed by atoms with Gasteiger partial charge in [-0.25, -0.2) is 4.98 Å². The normalized spacial score (nSPS) is 11.7. The maximum Gasteiger partial charge on any atom is 0.416 e. The van der Waals surface area contributed by atoms with Crippen molar-refractivity contribution in [3.05, 3.63) is 66.4 Å². The zero-order valence-electron chi connectivity index (χ0n) is 17.9. The summed E-state index contributed by atoms with van der Waals surface area (Å²) in [7, 11) is 0. The number of nitrogens with one attached hydrogen (secondary N) is 3. The highest BCUT2D eigenvalue weighted by atomic mass is 19.4. The molecular weight excluding hydrogens is 419 g/mol. The van der Waals surface area contributed by atoms with E-state index in [1.165, 1.54) is 18.3 Å². The lowest BCUT2D eigenvalue weighted by atomic mass is 9.92. The molecule has 1 heterocycles. The van der Waals surface area contributed by atoms with Crippen molar-refractivity contribution in [2.75, 3.05) is 16.0 Å². The van der Waals surface area contributed by atoms with Crippen LogP contribution in [0, 0.1) is 5.41 Å². The van der Waals surface area contributed by atoms with Crippen LogP contribution in [-0.4, -0.2) is 15.9 Å². The first-order valence-electron chi connectivity index (χ1n) is 9.92. The highest BCUT2D eigenvalue weighted by Crippen LogP contribution is 2.31. The van der Waals surface area contributed by atoms with Gasteiger partial charge in [-0.15, -0.1) is 0 Å². The largest absolute Gasteiger partial charge is 0.416 e. The van der Waals surface area contributed by atoms with E-state index >= 15 is 0 Å². The van der Waals surface area contributed by atoms with Crippen LogP contribution in [-0.2, 0) is 11.0 Å². The maximum absolute atomic E-state index is 12.9. The van der Waals surface area contributed by atoms with Crippen molar-refractivity contribution in [1.82, 2.24) is 9.97 Å². The average Bonchev–Trinajstić information content (AvgIpc) is 2.66. The molecule has 6 nitrogen and oxygen atoms in total. The molecule has 168 valence electrons. The van der Waals surface area contributed by atoms with E-state index in [4.69, 9.17) is 0 Å². The smallest absolute Gasteiger partial charge is 0.340 e. The van der Waals surface area contributed by atoms with Crippen LogP contribution in [0.25, 0.3) is 0 Å². The Morgan fingerprint density at radius 2 is 1.56 bits per heavy atom. The van der Waals surface area contributed by atoms with Gasteiger partial charge in [0, 0.05) is 29.7 Å². The number of carbonyl (C=O) groups is 1. The van der Waals surface area contributed by atoms with Crippen LogP contribution in [0.3, 0.4) is 0 Å². The van der Waals surface area contributed by atoms with Crippen LogP contribution in [0.4, 0.5) is 42.0 Å². The van der Waals surface area contributed by atoms with E-state index in [9.17, 15) is 18.0 Å². The number of benzene rings is 2. The Bertz CT molecular complexity index is 1090. The Morgan fingerprint density at radius 1 is 0.906 bits per heavy atom. The molecule has 2 aromatic carbocycles. The summed E-state index contributed by atoms with van der Waals surface area (Å²) in [4.78, 5) is 20.6. The highest BCUT2D eigenvalue weighted by Gasteiger charge is 2.30. The summed E-state index contributed by atoms with van der Waals surface area (Å²) in [6, 6.07) is 13.5. The van der Waals surface area contributed by atoms with Gasteiger partial charge in [0.1, 0.15) is 5.82 Å². The predicted molar refractivity (Wildman–Crippen MR) is 119 cm³/mol. The first-order chi connectivity index (χ1) is 15.0. The summed E-state index contributed by atoms with van der Waals surface area (Å²) >= 11 is 0. The van der Waals surface area contributed by atoms with Crippen molar-refractivity contribution < 1.29 is 18.0 Å². The minimum absolute atomic E-state index is 0.0850. The fourth-order valence-corrected chi connectivity index (χ4v) is 2.90. The first-order valence-corrected chi connectivity index (χ1v) is 9.92. The van der Waals surface area contributed by atoms with Crippen LogP contribution in [0.2, 0.25) is 0 Å². The van der Waals surface area contributed by atoms with Gasteiger partial charge in [-0.3, -0.25) is 4.79 Å². The second kappa shape index (κ2) is 9.25. The molecule has 3 rings (SSSR count). The molecule has 3 aromatic rings. The van der Waals surface area contributed by atoms with Gasteiger partial charge >= 0.3 is 6.18 Å². The number of alkyl halides is 3. The summed E-state index contributed by atoms with van der Waals surface area (Å²) in [6.45, 7) is 5.97. The second-order valence-corrected chi connectivity index (χ2v) is 8.46. The number of aromatic nitrogens is 2. The van der Waals surface area contributed by atoms with Gasteiger partial charge in [0.2, 0.25) is 11.9 Å². The van der Waals surface area contributed by atoms with Gasteiger partial charge in [-0.1, -0.05) is 32.9 Å². The third-order valence-electron chi connectivity index (χ3n) is 4.21. The fourth-order valence-electron chi connectivity index (χ4n) is 2.90. The number of amides is 1. The van der Waals surface area contributed by atoms with E-state index in [0.717, 1.165) is 12.1 Å². The van der Waals surface area contributed by atoms with E-state index in [-0.39, 0.29) is 23.0 Å². The van der Waals surface area contributed by atoms with Gasteiger partial charge < -0.3 is 16.0 Å². The predicted octanol–water partition coefficient (Wildman–Crippen LogP) is 6.36. The first kappa shape index (κ1) is 23.1. The van der Waals surface area contributed by atoms with Crippen LogP contribution in [0.5, 0.6) is 0 Å². The Labute approximate surface area is 184 Å². The standard InChI is InChI=1S/C23H24F3N5O/c1-22(2,3)14-20(32)29-17-8-5-9-18(13-17)30-21-27-11-10-19(31-21)28-16-7-4-6-15(12-16)23(24,25)26/h4-13H,14H2,1-3H3,(H,29,32)(H2,27,28,30,31). The molecule has 0 atom stereocenters. The molecule has 0 aliphatic carbocycles. The lowest BCUT2D eigenvalue weighted by Gasteiger charge is -2.17. The molecule has 1 amide bonds. The van der Waals surface area contributed by atoms with Gasteiger partial charge in [0.05, 0.1) is 5.56 Å². The topological polar surface area (TPSA) is 78.9 Å². The average molecular weight is 443 g/mol. The lowest BCUT2D eigenvalue weighted by Crippen LogP contribution is -2.19. The lowest BCUT2D eigenvalue weighted by molar-refractivity contribution is -0.137. The molecule has 0 saturated carbocycles. The third-order valence-corrected chi connectivity index (χ3v) is 4.21. The Hall–Kier alpha value is -3.62. The van der Waals surface area contributed by atoms with E-state index in [2.05, 4.69) is 25.9 Å². The van der Waals surface area contributed by atoms with Crippen LogP contribution < -0.4 is 16.0 Å². The number of nitrogens with zero attached hydrogens (tertiary/aromatic N) is 2. The minimum Gasteiger partial charge on any atom is -0.340 e. The zero-order chi connectivity index (χ0) is 23.4. The van der Waals surface area contributed by atoms with Crippen molar-refractivity contribution in [2.45, 2.75) is 33.4 Å². The van der Waals surface area contributed by atoms with Crippen molar-refractivity contribution in [2.24, 2.45) is 5.41 Å². The molecule has 0 aliphatic rings. The number of carbonyl (C=O) groups excluding carboxylic acids is 1. The summed E-state index contributed by atoms with van der Waals surface area (Å²) in [5.74, 6) is 0.495. The van der Waals surface area contributed by atoms with Gasteiger partial charge in [-0.05, 0) is 47.9 Å². The number of halogens is 3. The molecule has 0 spiro atoms. The molecule has 0 radical (unpaired) electrons. The fraction of sp³-hybridized carbons (Fsp3) is 0.261. The quantitative estimate of drug-likeness (QED) is 0.413. The molecule has 0 saturated heterocycles. The van der Waals surface area contributed by atoms with Crippen molar-refractivity contribution in [3.63, 3.8) is 0 Å². The third kappa shape index (κ3) is 6.97. The highest BCUT2D eigenvalue weighted by molar-refractivity contribution is 5.91. The SMILES string of the molecule is CC(C)(C)CC(=O)Nc1cccc(Nc2nccc(Nc3cccc(C(F)(F)F)c3)n2)c1. The summed E-state index contributed by atoms with van der Waals surface area (Å²) in [5.41, 5.74) is 0.659. The van der Waals surface area contributed by atoms with Crippen molar-refractivity contribution in [3.8, 4) is 0 Å². The molecule has 0 unspecified atom stereocenters. The molecule has 0 aliphatic heterocycles. The van der Waals surface area contributed by atoms with Gasteiger partial charge in [0.15, 0.2) is 0 Å². The summed E-state index contributed by atoms with van der Waals surface area (Å²) in [5, 5.41) is 8.75. The van der Waals surface area contributed by atoms with E-state index in [1.54, 1.807) is 30.3 Å². The molecule has 9 heteroatoms. The Morgan fingerprint density at radius 3 is 2.25 bits per heavy atom. The molecule has 1 aromatic heterocycles.